The summed E-state index contributed by atoms with van der Waals surface area (Å²) >= 11 is 12.1. The van der Waals surface area contributed by atoms with E-state index in [4.69, 9.17) is 32.4 Å². The molecule has 0 spiro atoms. The van der Waals surface area contributed by atoms with E-state index in [1.807, 2.05) is 0 Å². The highest BCUT2D eigenvalue weighted by atomic mass is 35.5. The number of hydrogen-bond donors (Lipinski definition) is 2. The molecule has 2 amide bonds. The van der Waals surface area contributed by atoms with Crippen LogP contribution in [0.3, 0.4) is 0 Å². The van der Waals surface area contributed by atoms with Gasteiger partial charge in [-0.1, -0.05) is 23.2 Å². The molecule has 8 heteroatoms. The number of furan rings is 1. The summed E-state index contributed by atoms with van der Waals surface area (Å²) in [4.78, 5) is 24.2. The van der Waals surface area contributed by atoms with E-state index in [9.17, 15) is 9.59 Å². The molecule has 26 heavy (non-hydrogen) atoms. The Morgan fingerprint density at radius 3 is 2.58 bits per heavy atom. The van der Waals surface area contributed by atoms with Gasteiger partial charge < -0.3 is 19.8 Å². The van der Waals surface area contributed by atoms with Crippen LogP contribution < -0.4 is 10.6 Å². The van der Waals surface area contributed by atoms with Crippen LogP contribution in [0.5, 0.6) is 0 Å². The van der Waals surface area contributed by atoms with Crippen molar-refractivity contribution in [3.8, 4) is 11.3 Å². The SMILES string of the molecule is CCOC(=O)C1=C(C)NC(=O)N[C@@H]1c1ccc(-c2cc(Cl)cc(Cl)c2)o1. The Bertz CT molecular complexity index is 884. The molecule has 0 saturated carbocycles. The fourth-order valence-corrected chi connectivity index (χ4v) is 3.27. The topological polar surface area (TPSA) is 80.6 Å². The number of amides is 2. The zero-order valence-electron chi connectivity index (χ0n) is 14.1. The molecule has 1 aromatic heterocycles. The number of halogens is 2. The van der Waals surface area contributed by atoms with Crippen molar-refractivity contribution < 1.29 is 18.7 Å². The van der Waals surface area contributed by atoms with E-state index in [0.29, 0.717) is 32.8 Å². The Morgan fingerprint density at radius 1 is 1.23 bits per heavy atom. The number of ether oxygens (including phenoxy) is 1. The molecular formula is C18H16Cl2N2O4. The van der Waals surface area contributed by atoms with Gasteiger partial charge in [0.1, 0.15) is 17.6 Å². The molecule has 2 heterocycles. The third-order valence-electron chi connectivity index (χ3n) is 3.82. The first-order chi connectivity index (χ1) is 12.4. The third-order valence-corrected chi connectivity index (χ3v) is 4.26. The first-order valence-corrected chi connectivity index (χ1v) is 8.66. The highest BCUT2D eigenvalue weighted by molar-refractivity contribution is 6.35. The molecule has 2 aromatic rings. The van der Waals surface area contributed by atoms with Crippen molar-refractivity contribution >= 4 is 35.2 Å². The maximum atomic E-state index is 12.3. The average Bonchev–Trinajstić information content (AvgIpc) is 3.03. The lowest BCUT2D eigenvalue weighted by Gasteiger charge is -2.26. The van der Waals surface area contributed by atoms with Gasteiger partial charge in [-0.3, -0.25) is 0 Å². The Labute approximate surface area is 160 Å². The first kappa shape index (κ1) is 18.4. The summed E-state index contributed by atoms with van der Waals surface area (Å²) in [6.45, 7) is 3.57. The van der Waals surface area contributed by atoms with Gasteiger partial charge >= 0.3 is 12.0 Å². The molecule has 0 unspecified atom stereocenters. The van der Waals surface area contributed by atoms with Crippen LogP contribution in [0.4, 0.5) is 4.79 Å². The van der Waals surface area contributed by atoms with Crippen LogP contribution >= 0.6 is 23.2 Å². The number of hydrogen-bond acceptors (Lipinski definition) is 4. The standard InChI is InChI=1S/C18H16Cl2N2O4/c1-3-25-17(23)15-9(2)21-18(24)22-16(15)14-5-4-13(26-14)10-6-11(19)8-12(20)7-10/h4-8,16H,3H2,1-2H3,(H2,21,22,24)/t16-/m1/s1. The van der Waals surface area contributed by atoms with Crippen molar-refractivity contribution in [2.75, 3.05) is 6.61 Å². The van der Waals surface area contributed by atoms with Crippen molar-refractivity contribution in [3.05, 3.63) is 57.4 Å². The number of esters is 1. The Hall–Kier alpha value is -2.44. The van der Waals surface area contributed by atoms with Gasteiger partial charge in [-0.25, -0.2) is 9.59 Å². The van der Waals surface area contributed by atoms with E-state index in [0.717, 1.165) is 0 Å². The second kappa shape index (κ2) is 7.43. The number of rotatable bonds is 4. The van der Waals surface area contributed by atoms with E-state index in [1.54, 1.807) is 44.2 Å². The smallest absolute Gasteiger partial charge is 0.338 e. The number of urea groups is 1. The predicted molar refractivity (Wildman–Crippen MR) is 97.9 cm³/mol. The Kier molecular flexibility index (Phi) is 5.25. The summed E-state index contributed by atoms with van der Waals surface area (Å²) in [6.07, 6.45) is 0. The van der Waals surface area contributed by atoms with Crippen molar-refractivity contribution in [1.82, 2.24) is 10.6 Å². The van der Waals surface area contributed by atoms with Crippen LogP contribution in [-0.2, 0) is 9.53 Å². The fraction of sp³-hybridized carbons (Fsp3) is 0.222. The summed E-state index contributed by atoms with van der Waals surface area (Å²) in [5.74, 6) is 0.387. The minimum absolute atomic E-state index is 0.223. The van der Waals surface area contributed by atoms with E-state index in [2.05, 4.69) is 10.6 Å². The van der Waals surface area contributed by atoms with Crippen molar-refractivity contribution in [1.29, 1.82) is 0 Å². The first-order valence-electron chi connectivity index (χ1n) is 7.90. The molecule has 6 nitrogen and oxygen atoms in total. The molecule has 1 aliphatic rings. The molecule has 0 bridgehead atoms. The second-order valence-corrected chi connectivity index (χ2v) is 6.52. The van der Waals surface area contributed by atoms with E-state index >= 15 is 0 Å². The molecule has 0 fully saturated rings. The maximum Gasteiger partial charge on any atom is 0.338 e. The molecule has 1 atom stereocenters. The predicted octanol–water partition coefficient (Wildman–Crippen LogP) is 4.44. The molecule has 1 aliphatic heterocycles. The van der Waals surface area contributed by atoms with Crippen LogP contribution in [0.2, 0.25) is 10.0 Å². The van der Waals surface area contributed by atoms with Gasteiger partial charge in [0.2, 0.25) is 0 Å². The number of allylic oxidation sites excluding steroid dienone is 1. The van der Waals surface area contributed by atoms with Gasteiger partial charge in [0.25, 0.3) is 0 Å². The van der Waals surface area contributed by atoms with Gasteiger partial charge in [0.05, 0.1) is 12.2 Å². The van der Waals surface area contributed by atoms with E-state index in [-0.39, 0.29) is 12.2 Å². The number of carbonyl (C=O) groups is 2. The van der Waals surface area contributed by atoms with Crippen molar-refractivity contribution in [2.24, 2.45) is 0 Å². The molecule has 0 saturated heterocycles. The molecule has 2 N–H and O–H groups in total. The minimum atomic E-state index is -0.758. The van der Waals surface area contributed by atoms with E-state index < -0.39 is 18.0 Å². The fourth-order valence-electron chi connectivity index (χ4n) is 2.75. The van der Waals surface area contributed by atoms with Crippen LogP contribution in [0.15, 0.2) is 46.0 Å². The number of nitrogens with one attached hydrogen (secondary N) is 2. The summed E-state index contributed by atoms with van der Waals surface area (Å²) in [5.41, 5.74) is 1.39. The molecule has 0 radical (unpaired) electrons. The second-order valence-electron chi connectivity index (χ2n) is 5.65. The average molecular weight is 395 g/mol. The minimum Gasteiger partial charge on any atom is -0.463 e. The monoisotopic (exact) mass is 394 g/mol. The zero-order chi connectivity index (χ0) is 18.8. The lowest BCUT2D eigenvalue weighted by atomic mass is 10.0. The summed E-state index contributed by atoms with van der Waals surface area (Å²) in [5, 5.41) is 6.21. The van der Waals surface area contributed by atoms with Gasteiger partial charge in [-0.2, -0.15) is 0 Å². The maximum absolute atomic E-state index is 12.3. The molecule has 1 aromatic carbocycles. The van der Waals surface area contributed by atoms with Gasteiger partial charge in [-0.15, -0.1) is 0 Å². The summed E-state index contributed by atoms with van der Waals surface area (Å²) in [7, 11) is 0. The lowest BCUT2D eigenvalue weighted by Crippen LogP contribution is -2.45. The lowest BCUT2D eigenvalue weighted by molar-refractivity contribution is -0.139. The quantitative estimate of drug-likeness (QED) is 0.750. The van der Waals surface area contributed by atoms with Crippen LogP contribution in [0.25, 0.3) is 11.3 Å². The summed E-state index contributed by atoms with van der Waals surface area (Å²) < 4.78 is 11.0. The van der Waals surface area contributed by atoms with Crippen molar-refractivity contribution in [3.63, 3.8) is 0 Å². The molecule has 0 aliphatic carbocycles. The molecule has 3 rings (SSSR count). The van der Waals surface area contributed by atoms with Gasteiger partial charge in [-0.05, 0) is 44.2 Å². The molecular weight excluding hydrogens is 379 g/mol. The number of benzene rings is 1. The van der Waals surface area contributed by atoms with Crippen LogP contribution in [0.1, 0.15) is 25.6 Å². The third kappa shape index (κ3) is 3.71. The highest BCUT2D eigenvalue weighted by Crippen LogP contribution is 2.33. The van der Waals surface area contributed by atoms with Gasteiger partial charge in [0.15, 0.2) is 0 Å². The normalized spacial score (nSPS) is 16.9. The Balaban J connectivity index is 1.99. The van der Waals surface area contributed by atoms with E-state index in [1.165, 1.54) is 0 Å². The van der Waals surface area contributed by atoms with Crippen LogP contribution in [0, 0.1) is 0 Å². The summed E-state index contributed by atoms with van der Waals surface area (Å²) in [6, 6.07) is 7.27. The van der Waals surface area contributed by atoms with Crippen LogP contribution in [-0.4, -0.2) is 18.6 Å². The Morgan fingerprint density at radius 2 is 1.92 bits per heavy atom. The number of carbonyl (C=O) groups excluding carboxylic acids is 2. The zero-order valence-corrected chi connectivity index (χ0v) is 15.6. The highest BCUT2D eigenvalue weighted by Gasteiger charge is 2.34. The van der Waals surface area contributed by atoms with Gasteiger partial charge in [0, 0.05) is 21.3 Å². The largest absolute Gasteiger partial charge is 0.463 e. The van der Waals surface area contributed by atoms with Crippen molar-refractivity contribution in [2.45, 2.75) is 19.9 Å². The molecule has 136 valence electrons.